The Morgan fingerprint density at radius 2 is 0.957 bits per heavy atom. The molecule has 0 aliphatic carbocycles. The lowest BCUT2D eigenvalue weighted by molar-refractivity contribution is -0.107. The molecule has 132 valence electrons. The Morgan fingerprint density at radius 3 is 1.48 bits per heavy atom. The van der Waals surface area contributed by atoms with Crippen LogP contribution < -0.4 is 0 Å². The van der Waals surface area contributed by atoms with Gasteiger partial charge >= 0.3 is 0 Å². The minimum absolute atomic E-state index is 0.749. The minimum Gasteiger partial charge on any atom is -0.303 e. The zero-order valence-electron chi connectivity index (χ0n) is 15.3. The van der Waals surface area contributed by atoms with Gasteiger partial charge in [-0.3, -0.25) is 0 Å². The molecule has 0 aromatic heterocycles. The van der Waals surface area contributed by atoms with E-state index in [1.54, 1.807) is 0 Å². The number of hydrogen-bond acceptors (Lipinski definition) is 1. The first-order valence-corrected chi connectivity index (χ1v) is 9.80. The highest BCUT2D eigenvalue weighted by molar-refractivity contribution is 5.48. The number of carbonyl (C=O) groups is 1. The van der Waals surface area contributed by atoms with Crippen LogP contribution in [0, 0.1) is 0 Å². The van der Waals surface area contributed by atoms with Crippen LogP contribution in [0.15, 0.2) is 36.5 Å². The first-order chi connectivity index (χ1) is 11.4. The lowest BCUT2D eigenvalue weighted by Crippen LogP contribution is -1.82. The van der Waals surface area contributed by atoms with E-state index in [0.29, 0.717) is 0 Å². The van der Waals surface area contributed by atoms with Gasteiger partial charge in [-0.15, -0.1) is 0 Å². The van der Waals surface area contributed by atoms with Crippen LogP contribution in [0.4, 0.5) is 0 Å². The highest BCUT2D eigenvalue weighted by Gasteiger charge is 1.92. The van der Waals surface area contributed by atoms with Crippen LogP contribution in [0.3, 0.4) is 0 Å². The van der Waals surface area contributed by atoms with Crippen molar-refractivity contribution in [2.24, 2.45) is 0 Å². The lowest BCUT2D eigenvalue weighted by Gasteiger charge is -2.01. The average Bonchev–Trinajstić information content (AvgIpc) is 2.57. The molecule has 0 N–H and O–H groups in total. The van der Waals surface area contributed by atoms with Gasteiger partial charge in [0.05, 0.1) is 0 Å². The summed E-state index contributed by atoms with van der Waals surface area (Å²) in [6, 6.07) is 0. The summed E-state index contributed by atoms with van der Waals surface area (Å²) in [4.78, 5) is 10.2. The highest BCUT2D eigenvalue weighted by Crippen LogP contribution is 2.11. The van der Waals surface area contributed by atoms with E-state index in [9.17, 15) is 4.79 Å². The van der Waals surface area contributed by atoms with Gasteiger partial charge in [-0.25, -0.2) is 0 Å². The van der Waals surface area contributed by atoms with Crippen LogP contribution in [0.2, 0.25) is 0 Å². The van der Waals surface area contributed by atoms with Crippen LogP contribution in [0.25, 0.3) is 0 Å². The summed E-state index contributed by atoms with van der Waals surface area (Å²) < 4.78 is 0. The van der Waals surface area contributed by atoms with Crippen molar-refractivity contribution in [3.63, 3.8) is 0 Å². The zero-order valence-corrected chi connectivity index (χ0v) is 15.3. The smallest absolute Gasteiger partial charge is 0.119 e. The Balaban J connectivity index is 3.16. The van der Waals surface area contributed by atoms with Gasteiger partial charge in [-0.1, -0.05) is 88.3 Å². The van der Waals surface area contributed by atoms with Gasteiger partial charge < -0.3 is 4.79 Å². The molecule has 0 unspecified atom stereocenters. The van der Waals surface area contributed by atoms with Crippen molar-refractivity contribution < 1.29 is 4.79 Å². The van der Waals surface area contributed by atoms with Crippen molar-refractivity contribution in [1.29, 1.82) is 0 Å². The molecule has 0 spiro atoms. The second kappa shape index (κ2) is 20.9. The molecule has 0 aliphatic rings. The number of aldehydes is 1. The van der Waals surface area contributed by atoms with Gasteiger partial charge in [0.2, 0.25) is 0 Å². The van der Waals surface area contributed by atoms with Crippen molar-refractivity contribution >= 4 is 6.29 Å². The predicted molar refractivity (Wildman–Crippen MR) is 104 cm³/mol. The molecule has 0 aromatic rings. The van der Waals surface area contributed by atoms with E-state index in [2.05, 4.69) is 43.4 Å². The number of unbranched alkanes of at least 4 members (excludes halogenated alkanes) is 10. The Hall–Kier alpha value is -1.11. The van der Waals surface area contributed by atoms with Crippen LogP contribution in [-0.2, 0) is 4.79 Å². The Morgan fingerprint density at radius 1 is 0.522 bits per heavy atom. The topological polar surface area (TPSA) is 17.1 Å². The zero-order chi connectivity index (χ0) is 16.8. The van der Waals surface area contributed by atoms with E-state index in [-0.39, 0.29) is 0 Å². The van der Waals surface area contributed by atoms with Gasteiger partial charge in [-0.2, -0.15) is 0 Å². The molecule has 0 saturated heterocycles. The van der Waals surface area contributed by atoms with E-state index in [0.717, 1.165) is 38.4 Å². The van der Waals surface area contributed by atoms with E-state index < -0.39 is 0 Å². The Labute approximate surface area is 144 Å². The maximum absolute atomic E-state index is 10.2. The number of allylic oxidation sites excluding steroid dienone is 6. The number of hydrogen-bond donors (Lipinski definition) is 0. The standard InChI is InChI=1S/C22H38O/c1-2-3-4-5-6-7-8-9-10-11-12-13-14-15-16-17-18-19-20-21-22-23/h3-4,6-7,9-10,22H,2,5,8,11-21H2,1H3. The summed E-state index contributed by atoms with van der Waals surface area (Å²) in [5.41, 5.74) is 0. The van der Waals surface area contributed by atoms with Crippen LogP contribution in [0.5, 0.6) is 0 Å². The Bertz CT molecular complexity index is 312. The maximum atomic E-state index is 10.2. The average molecular weight is 319 g/mol. The highest BCUT2D eigenvalue weighted by atomic mass is 16.1. The first-order valence-electron chi connectivity index (χ1n) is 9.80. The molecule has 0 heterocycles. The molecule has 0 radical (unpaired) electrons. The van der Waals surface area contributed by atoms with Gasteiger partial charge in [0.1, 0.15) is 6.29 Å². The quantitative estimate of drug-likeness (QED) is 0.156. The fourth-order valence-electron chi connectivity index (χ4n) is 2.55. The third-order valence-electron chi connectivity index (χ3n) is 3.97. The summed E-state index contributed by atoms with van der Waals surface area (Å²) in [5, 5.41) is 0. The molecule has 0 atom stereocenters. The molecule has 0 aliphatic heterocycles. The molecular weight excluding hydrogens is 280 g/mol. The van der Waals surface area contributed by atoms with Crippen molar-refractivity contribution in [1.82, 2.24) is 0 Å². The molecule has 0 aromatic carbocycles. The summed E-state index contributed by atoms with van der Waals surface area (Å²) >= 11 is 0. The SMILES string of the molecule is CCC=CCC=CCC=CCCCCCCCCCCCC=O. The molecule has 0 bridgehead atoms. The Kier molecular flexibility index (Phi) is 19.9. The fourth-order valence-corrected chi connectivity index (χ4v) is 2.55. The second-order valence-corrected chi connectivity index (χ2v) is 6.22. The number of carbonyl (C=O) groups excluding carboxylic acids is 1. The van der Waals surface area contributed by atoms with E-state index in [4.69, 9.17) is 0 Å². The van der Waals surface area contributed by atoms with Gasteiger partial charge in [-0.05, 0) is 38.5 Å². The minimum atomic E-state index is 0.749. The van der Waals surface area contributed by atoms with Gasteiger partial charge in [0.15, 0.2) is 0 Å². The molecule has 1 nitrogen and oxygen atoms in total. The molecule has 0 fully saturated rings. The normalized spacial score (nSPS) is 12.0. The van der Waals surface area contributed by atoms with E-state index >= 15 is 0 Å². The molecule has 0 amide bonds. The summed E-state index contributed by atoms with van der Waals surface area (Å²) in [6.07, 6.45) is 31.7. The van der Waals surface area contributed by atoms with Gasteiger partial charge in [0.25, 0.3) is 0 Å². The molecule has 0 saturated carbocycles. The lowest BCUT2D eigenvalue weighted by atomic mass is 10.1. The second-order valence-electron chi connectivity index (χ2n) is 6.22. The van der Waals surface area contributed by atoms with Crippen LogP contribution >= 0.6 is 0 Å². The van der Waals surface area contributed by atoms with Crippen molar-refractivity contribution in [2.75, 3.05) is 0 Å². The third-order valence-corrected chi connectivity index (χ3v) is 3.97. The van der Waals surface area contributed by atoms with Crippen molar-refractivity contribution in [2.45, 2.75) is 96.8 Å². The predicted octanol–water partition coefficient (Wildman–Crippen LogP) is 7.34. The largest absolute Gasteiger partial charge is 0.303 e. The number of rotatable bonds is 17. The fraction of sp³-hybridized carbons (Fsp3) is 0.682. The van der Waals surface area contributed by atoms with E-state index in [1.807, 2.05) is 0 Å². The maximum Gasteiger partial charge on any atom is 0.119 e. The molecular formula is C22H38O. The van der Waals surface area contributed by atoms with Crippen molar-refractivity contribution in [3.8, 4) is 0 Å². The summed E-state index contributed by atoms with van der Waals surface area (Å²) in [7, 11) is 0. The molecule has 1 heteroatoms. The summed E-state index contributed by atoms with van der Waals surface area (Å²) in [5.74, 6) is 0. The molecule has 0 rings (SSSR count). The monoisotopic (exact) mass is 318 g/mol. The van der Waals surface area contributed by atoms with E-state index in [1.165, 1.54) is 57.8 Å². The van der Waals surface area contributed by atoms with Crippen LogP contribution in [-0.4, -0.2) is 6.29 Å². The molecule has 23 heavy (non-hydrogen) atoms. The summed E-state index contributed by atoms with van der Waals surface area (Å²) in [6.45, 7) is 2.17. The van der Waals surface area contributed by atoms with Crippen LogP contribution in [0.1, 0.15) is 96.8 Å². The third kappa shape index (κ3) is 20.9. The van der Waals surface area contributed by atoms with Gasteiger partial charge in [0, 0.05) is 6.42 Å². The first kappa shape index (κ1) is 21.9. The van der Waals surface area contributed by atoms with Crippen molar-refractivity contribution in [3.05, 3.63) is 36.5 Å².